The normalized spacial score (nSPS) is 12.5. The van der Waals surface area contributed by atoms with Gasteiger partial charge in [-0.2, -0.15) is 0 Å². The molecule has 0 aliphatic carbocycles. The van der Waals surface area contributed by atoms with Crippen molar-refractivity contribution in [3.63, 3.8) is 0 Å². The Morgan fingerprint density at radius 2 is 1.63 bits per heavy atom. The molecule has 0 radical (unpaired) electrons. The van der Waals surface area contributed by atoms with Crippen LogP contribution in [0.15, 0.2) is 30.3 Å². The van der Waals surface area contributed by atoms with Gasteiger partial charge in [-0.3, -0.25) is 0 Å². The average molecular weight is 283 g/mol. The Kier molecular flexibility index (Phi) is 3.88. The van der Waals surface area contributed by atoms with Gasteiger partial charge in [0.25, 0.3) is 0 Å². The molecule has 0 spiro atoms. The minimum atomic E-state index is -1.29. The molecule has 4 heteroatoms. The Balaban J connectivity index is 2.50. The van der Waals surface area contributed by atoms with Crippen LogP contribution in [0.1, 0.15) is 28.4 Å². The van der Waals surface area contributed by atoms with E-state index in [0.29, 0.717) is 10.6 Å². The molecule has 1 nitrogen and oxygen atoms in total. The van der Waals surface area contributed by atoms with Crippen LogP contribution in [0.3, 0.4) is 0 Å². The lowest BCUT2D eigenvalue weighted by molar-refractivity contribution is 0.213. The number of hydrogen-bond donors (Lipinski definition) is 1. The summed E-state index contributed by atoms with van der Waals surface area (Å²) in [5.41, 5.74) is 1.36. The van der Waals surface area contributed by atoms with Gasteiger partial charge in [-0.15, -0.1) is 0 Å². The molecule has 1 unspecified atom stereocenters. The average Bonchev–Trinajstić information content (AvgIpc) is 2.35. The zero-order valence-electron chi connectivity index (χ0n) is 10.5. The van der Waals surface area contributed by atoms with E-state index in [9.17, 15) is 13.9 Å². The minimum Gasteiger partial charge on any atom is -0.383 e. The largest absolute Gasteiger partial charge is 0.383 e. The third-order valence-electron chi connectivity index (χ3n) is 3.05. The number of benzene rings is 2. The Morgan fingerprint density at radius 3 is 2.26 bits per heavy atom. The van der Waals surface area contributed by atoms with Gasteiger partial charge in [-0.05, 0) is 31.0 Å². The third kappa shape index (κ3) is 2.62. The van der Waals surface area contributed by atoms with Gasteiger partial charge in [0.05, 0.1) is 0 Å². The predicted octanol–water partition coefficient (Wildman–Crippen LogP) is 4.32. The minimum absolute atomic E-state index is 0.117. The van der Waals surface area contributed by atoms with Crippen LogP contribution in [0.4, 0.5) is 8.78 Å². The van der Waals surface area contributed by atoms with Crippen LogP contribution in [0.25, 0.3) is 0 Å². The van der Waals surface area contributed by atoms with Crippen molar-refractivity contribution in [2.45, 2.75) is 20.0 Å². The fourth-order valence-corrected chi connectivity index (χ4v) is 2.23. The molecule has 2 rings (SSSR count). The van der Waals surface area contributed by atoms with Gasteiger partial charge in [0.2, 0.25) is 0 Å². The molecular weight excluding hydrogens is 270 g/mol. The van der Waals surface area contributed by atoms with Gasteiger partial charge in [0.15, 0.2) is 11.6 Å². The maximum atomic E-state index is 13.8. The van der Waals surface area contributed by atoms with E-state index < -0.39 is 17.7 Å². The van der Waals surface area contributed by atoms with Crippen LogP contribution < -0.4 is 0 Å². The predicted molar refractivity (Wildman–Crippen MR) is 71.3 cm³/mol. The fraction of sp³-hybridized carbons (Fsp3) is 0.200. The van der Waals surface area contributed by atoms with Crippen LogP contribution in [-0.4, -0.2) is 5.11 Å². The molecule has 0 aliphatic rings. The highest BCUT2D eigenvalue weighted by Crippen LogP contribution is 2.31. The van der Waals surface area contributed by atoms with E-state index in [1.165, 1.54) is 19.1 Å². The summed E-state index contributed by atoms with van der Waals surface area (Å²) in [5.74, 6) is -1.98. The molecule has 2 aromatic rings. The monoisotopic (exact) mass is 282 g/mol. The molecule has 100 valence electrons. The maximum absolute atomic E-state index is 13.8. The van der Waals surface area contributed by atoms with Crippen molar-refractivity contribution in [3.8, 4) is 0 Å². The molecule has 0 saturated carbocycles. The lowest BCUT2D eigenvalue weighted by atomic mass is 9.98. The molecule has 19 heavy (non-hydrogen) atoms. The topological polar surface area (TPSA) is 20.2 Å². The number of halogens is 3. The summed E-state index contributed by atoms with van der Waals surface area (Å²) < 4.78 is 27.3. The first-order chi connectivity index (χ1) is 8.91. The highest BCUT2D eigenvalue weighted by Gasteiger charge is 2.20. The van der Waals surface area contributed by atoms with E-state index in [2.05, 4.69) is 0 Å². The van der Waals surface area contributed by atoms with Crippen molar-refractivity contribution in [2.24, 2.45) is 0 Å². The van der Waals surface area contributed by atoms with E-state index in [1.54, 1.807) is 18.2 Å². The number of aryl methyl sites for hydroxylation is 2. The third-order valence-corrected chi connectivity index (χ3v) is 3.38. The van der Waals surface area contributed by atoms with Gasteiger partial charge in [-0.25, -0.2) is 8.78 Å². The molecule has 0 bridgehead atoms. The molecule has 1 atom stereocenters. The summed E-state index contributed by atoms with van der Waals surface area (Å²) in [6, 6.07) is 7.84. The van der Waals surface area contributed by atoms with E-state index in [4.69, 9.17) is 11.6 Å². The van der Waals surface area contributed by atoms with E-state index in [0.717, 1.165) is 5.56 Å². The number of rotatable bonds is 2. The van der Waals surface area contributed by atoms with Gasteiger partial charge >= 0.3 is 0 Å². The van der Waals surface area contributed by atoms with Crippen molar-refractivity contribution in [1.29, 1.82) is 0 Å². The van der Waals surface area contributed by atoms with Crippen LogP contribution >= 0.6 is 11.6 Å². The zero-order chi connectivity index (χ0) is 14.2. The Hall–Kier alpha value is -1.45. The van der Waals surface area contributed by atoms with Crippen LogP contribution in [0, 0.1) is 25.5 Å². The quantitative estimate of drug-likeness (QED) is 0.870. The summed E-state index contributed by atoms with van der Waals surface area (Å²) in [7, 11) is 0. The van der Waals surface area contributed by atoms with Gasteiger partial charge in [0, 0.05) is 16.1 Å². The van der Waals surface area contributed by atoms with E-state index >= 15 is 0 Å². The molecule has 0 amide bonds. The molecular formula is C15H13ClF2O. The number of hydrogen-bond acceptors (Lipinski definition) is 1. The highest BCUT2D eigenvalue weighted by molar-refractivity contribution is 6.31. The van der Waals surface area contributed by atoms with E-state index in [-0.39, 0.29) is 11.1 Å². The second-order valence-corrected chi connectivity index (χ2v) is 4.93. The molecule has 2 aromatic carbocycles. The van der Waals surface area contributed by atoms with Crippen molar-refractivity contribution >= 4 is 11.6 Å². The zero-order valence-corrected chi connectivity index (χ0v) is 11.3. The van der Waals surface area contributed by atoms with Gasteiger partial charge in [-0.1, -0.05) is 35.9 Å². The van der Waals surface area contributed by atoms with Gasteiger partial charge in [0.1, 0.15) is 6.10 Å². The lowest BCUT2D eigenvalue weighted by Crippen LogP contribution is -2.06. The standard InChI is InChI=1S/C15H13ClF2O/c1-8-3-5-10(12(16)7-8)15(19)11-6-4-9(2)13(17)14(11)18/h3-7,15,19H,1-2H3. The van der Waals surface area contributed by atoms with Crippen molar-refractivity contribution in [2.75, 3.05) is 0 Å². The molecule has 0 aromatic heterocycles. The second-order valence-electron chi connectivity index (χ2n) is 4.53. The molecule has 0 saturated heterocycles. The van der Waals surface area contributed by atoms with Crippen LogP contribution in [-0.2, 0) is 0 Å². The highest BCUT2D eigenvalue weighted by atomic mass is 35.5. The summed E-state index contributed by atoms with van der Waals surface area (Å²) in [6.07, 6.45) is -1.29. The molecule has 0 heterocycles. The Labute approximate surface area is 115 Å². The summed E-state index contributed by atoms with van der Waals surface area (Å²) in [6.45, 7) is 3.32. The smallest absolute Gasteiger partial charge is 0.165 e. The Morgan fingerprint density at radius 1 is 1.00 bits per heavy atom. The van der Waals surface area contributed by atoms with E-state index in [1.807, 2.05) is 6.92 Å². The first kappa shape index (κ1) is 14.0. The van der Waals surface area contributed by atoms with Crippen LogP contribution in [0.5, 0.6) is 0 Å². The second kappa shape index (κ2) is 5.27. The fourth-order valence-electron chi connectivity index (χ4n) is 1.89. The first-order valence-corrected chi connectivity index (χ1v) is 6.18. The SMILES string of the molecule is Cc1ccc(C(O)c2ccc(C)c(F)c2F)c(Cl)c1. The van der Waals surface area contributed by atoms with Gasteiger partial charge < -0.3 is 5.11 Å². The first-order valence-electron chi connectivity index (χ1n) is 5.80. The molecule has 0 fully saturated rings. The van der Waals surface area contributed by atoms with Crippen molar-refractivity contribution < 1.29 is 13.9 Å². The molecule has 1 N–H and O–H groups in total. The van der Waals surface area contributed by atoms with Crippen molar-refractivity contribution in [3.05, 3.63) is 69.2 Å². The van der Waals surface area contributed by atoms with Crippen LogP contribution in [0.2, 0.25) is 5.02 Å². The Bertz CT molecular complexity index is 626. The maximum Gasteiger partial charge on any atom is 0.165 e. The lowest BCUT2D eigenvalue weighted by Gasteiger charge is -2.15. The van der Waals surface area contributed by atoms with Crippen molar-refractivity contribution in [1.82, 2.24) is 0 Å². The number of aliphatic hydroxyl groups is 1. The summed E-state index contributed by atoms with van der Waals surface area (Å²) >= 11 is 6.02. The number of aliphatic hydroxyl groups excluding tert-OH is 1. The summed E-state index contributed by atoms with van der Waals surface area (Å²) in [5, 5.41) is 10.5. The molecule has 0 aliphatic heterocycles. The summed E-state index contributed by atoms with van der Waals surface area (Å²) in [4.78, 5) is 0.